The minimum absolute atomic E-state index is 0.0284. The summed E-state index contributed by atoms with van der Waals surface area (Å²) >= 11 is 0. The van der Waals surface area contributed by atoms with Gasteiger partial charge < -0.3 is 4.90 Å². The SMILES string of the molecule is CC(C)CC(=O)N1Cc2ccnn2C(CC(=O)N2CCCCO2)C1. The average Bonchev–Trinajstić information content (AvgIpc) is 3.03. The van der Waals surface area contributed by atoms with Crippen molar-refractivity contribution < 1.29 is 14.4 Å². The third-order valence-corrected chi connectivity index (χ3v) is 4.51. The van der Waals surface area contributed by atoms with Crippen LogP contribution in [0.3, 0.4) is 0 Å². The van der Waals surface area contributed by atoms with E-state index in [4.69, 9.17) is 4.84 Å². The van der Waals surface area contributed by atoms with Crippen LogP contribution < -0.4 is 0 Å². The summed E-state index contributed by atoms with van der Waals surface area (Å²) in [5, 5.41) is 5.83. The van der Waals surface area contributed by atoms with E-state index in [9.17, 15) is 9.59 Å². The van der Waals surface area contributed by atoms with Crippen LogP contribution in [-0.4, -0.2) is 51.3 Å². The molecule has 2 aliphatic rings. The van der Waals surface area contributed by atoms with Crippen molar-refractivity contribution in [3.05, 3.63) is 18.0 Å². The van der Waals surface area contributed by atoms with Crippen molar-refractivity contribution in [1.29, 1.82) is 0 Å². The van der Waals surface area contributed by atoms with E-state index in [1.807, 2.05) is 29.5 Å². The monoisotopic (exact) mass is 334 g/mol. The summed E-state index contributed by atoms with van der Waals surface area (Å²) in [4.78, 5) is 32.3. The third-order valence-electron chi connectivity index (χ3n) is 4.51. The summed E-state index contributed by atoms with van der Waals surface area (Å²) in [6.45, 7) is 6.42. The van der Waals surface area contributed by atoms with Crippen molar-refractivity contribution >= 4 is 11.8 Å². The third kappa shape index (κ3) is 3.77. The first-order valence-electron chi connectivity index (χ1n) is 8.78. The van der Waals surface area contributed by atoms with Gasteiger partial charge in [-0.05, 0) is 24.8 Å². The van der Waals surface area contributed by atoms with Crippen LogP contribution in [0.2, 0.25) is 0 Å². The molecule has 0 saturated carbocycles. The van der Waals surface area contributed by atoms with Gasteiger partial charge in [0.15, 0.2) is 0 Å². The summed E-state index contributed by atoms with van der Waals surface area (Å²) in [5.41, 5.74) is 0.982. The molecule has 7 heteroatoms. The molecule has 3 rings (SSSR count). The van der Waals surface area contributed by atoms with Gasteiger partial charge in [0.2, 0.25) is 11.8 Å². The number of fused-ring (bicyclic) bond motifs is 1. The van der Waals surface area contributed by atoms with E-state index in [1.165, 1.54) is 5.06 Å². The fraction of sp³-hybridized carbons (Fsp3) is 0.706. The molecule has 2 aliphatic heterocycles. The molecule has 2 amide bonds. The fourth-order valence-electron chi connectivity index (χ4n) is 3.30. The van der Waals surface area contributed by atoms with Crippen molar-refractivity contribution in [2.24, 2.45) is 5.92 Å². The van der Waals surface area contributed by atoms with E-state index >= 15 is 0 Å². The molecule has 1 atom stereocenters. The number of amides is 2. The fourth-order valence-corrected chi connectivity index (χ4v) is 3.30. The van der Waals surface area contributed by atoms with Crippen LogP contribution >= 0.6 is 0 Å². The van der Waals surface area contributed by atoms with Crippen molar-refractivity contribution in [3.63, 3.8) is 0 Å². The molecule has 0 radical (unpaired) electrons. The average molecular weight is 334 g/mol. The van der Waals surface area contributed by atoms with Crippen molar-refractivity contribution in [2.45, 2.75) is 52.1 Å². The van der Waals surface area contributed by atoms with Crippen molar-refractivity contribution in [3.8, 4) is 0 Å². The largest absolute Gasteiger partial charge is 0.335 e. The zero-order chi connectivity index (χ0) is 17.1. The van der Waals surface area contributed by atoms with Crippen molar-refractivity contribution in [1.82, 2.24) is 19.7 Å². The molecule has 1 fully saturated rings. The molecule has 0 aliphatic carbocycles. The molecule has 24 heavy (non-hydrogen) atoms. The van der Waals surface area contributed by atoms with Crippen LogP contribution in [0.1, 0.15) is 51.3 Å². The van der Waals surface area contributed by atoms with Gasteiger partial charge in [0, 0.05) is 25.7 Å². The lowest BCUT2D eigenvalue weighted by molar-refractivity contribution is -0.198. The maximum absolute atomic E-state index is 12.5. The number of aromatic nitrogens is 2. The Hall–Kier alpha value is -1.89. The standard InChI is InChI=1S/C17H26N4O3/c1-13(2)9-16(22)19-11-14-5-6-18-21(14)15(12-19)10-17(23)20-7-3-4-8-24-20/h5-6,13,15H,3-4,7-12H2,1-2H3. The number of nitrogens with zero attached hydrogens (tertiary/aromatic N) is 4. The topological polar surface area (TPSA) is 67.7 Å². The molecule has 1 aromatic heterocycles. The van der Waals surface area contributed by atoms with Crippen LogP contribution in [-0.2, 0) is 21.0 Å². The molecule has 132 valence electrons. The minimum Gasteiger partial charge on any atom is -0.335 e. The Balaban J connectivity index is 1.69. The number of hydrogen-bond donors (Lipinski definition) is 0. The van der Waals surface area contributed by atoms with Gasteiger partial charge in [0.05, 0.1) is 31.3 Å². The highest BCUT2D eigenvalue weighted by Gasteiger charge is 2.31. The second kappa shape index (κ2) is 7.34. The van der Waals surface area contributed by atoms with Crippen molar-refractivity contribution in [2.75, 3.05) is 19.7 Å². The highest BCUT2D eigenvalue weighted by Crippen LogP contribution is 2.25. The van der Waals surface area contributed by atoms with E-state index in [0.717, 1.165) is 18.5 Å². The molecule has 0 aromatic carbocycles. The number of carbonyl (C=O) groups excluding carboxylic acids is 2. The first-order valence-corrected chi connectivity index (χ1v) is 8.78. The summed E-state index contributed by atoms with van der Waals surface area (Å²) < 4.78 is 1.89. The highest BCUT2D eigenvalue weighted by atomic mass is 16.7. The van der Waals surface area contributed by atoms with E-state index in [-0.39, 0.29) is 17.9 Å². The lowest BCUT2D eigenvalue weighted by Crippen LogP contribution is -2.44. The lowest BCUT2D eigenvalue weighted by atomic mass is 10.1. The first-order chi connectivity index (χ1) is 11.5. The quantitative estimate of drug-likeness (QED) is 0.841. The molecule has 1 unspecified atom stereocenters. The second-order valence-corrected chi connectivity index (χ2v) is 7.03. The van der Waals surface area contributed by atoms with Gasteiger partial charge in [-0.2, -0.15) is 5.10 Å². The zero-order valence-electron chi connectivity index (χ0n) is 14.5. The van der Waals surface area contributed by atoms with Gasteiger partial charge in [0.1, 0.15) is 0 Å². The van der Waals surface area contributed by atoms with E-state index in [0.29, 0.717) is 45.0 Å². The van der Waals surface area contributed by atoms with Crippen LogP contribution in [0, 0.1) is 5.92 Å². The Kier molecular flexibility index (Phi) is 5.18. The predicted molar refractivity (Wildman–Crippen MR) is 87.7 cm³/mol. The number of hydrogen-bond acceptors (Lipinski definition) is 4. The molecule has 0 spiro atoms. The van der Waals surface area contributed by atoms with Gasteiger partial charge >= 0.3 is 0 Å². The Morgan fingerprint density at radius 2 is 2.17 bits per heavy atom. The van der Waals surface area contributed by atoms with Crippen LogP contribution in [0.4, 0.5) is 0 Å². The molecule has 1 saturated heterocycles. The molecule has 7 nitrogen and oxygen atoms in total. The number of carbonyl (C=O) groups is 2. The van der Waals surface area contributed by atoms with Crippen LogP contribution in [0.15, 0.2) is 12.3 Å². The number of rotatable bonds is 4. The Morgan fingerprint density at radius 3 is 2.88 bits per heavy atom. The second-order valence-electron chi connectivity index (χ2n) is 7.03. The molecular weight excluding hydrogens is 308 g/mol. The normalized spacial score (nSPS) is 21.0. The van der Waals surface area contributed by atoms with E-state index in [2.05, 4.69) is 5.10 Å². The smallest absolute Gasteiger partial charge is 0.248 e. The predicted octanol–water partition coefficient (Wildman–Crippen LogP) is 1.76. The Labute approximate surface area is 142 Å². The maximum atomic E-state index is 12.5. The molecule has 3 heterocycles. The minimum atomic E-state index is -0.127. The highest BCUT2D eigenvalue weighted by molar-refractivity contribution is 5.77. The summed E-state index contributed by atoms with van der Waals surface area (Å²) in [6.07, 6.45) is 4.54. The van der Waals surface area contributed by atoms with Gasteiger partial charge in [-0.1, -0.05) is 13.8 Å². The lowest BCUT2D eigenvalue weighted by Gasteiger charge is -2.35. The summed E-state index contributed by atoms with van der Waals surface area (Å²) in [5.74, 6) is 0.439. The molecule has 0 bridgehead atoms. The zero-order valence-corrected chi connectivity index (χ0v) is 14.5. The molecule has 0 N–H and O–H groups in total. The van der Waals surface area contributed by atoms with Gasteiger partial charge in [-0.25, -0.2) is 5.06 Å². The maximum Gasteiger partial charge on any atom is 0.248 e. The Bertz CT molecular complexity index is 592. The van der Waals surface area contributed by atoms with Crippen LogP contribution in [0.25, 0.3) is 0 Å². The van der Waals surface area contributed by atoms with E-state index < -0.39 is 0 Å². The van der Waals surface area contributed by atoms with Crippen LogP contribution in [0.5, 0.6) is 0 Å². The summed E-state index contributed by atoms with van der Waals surface area (Å²) in [7, 11) is 0. The van der Waals surface area contributed by atoms with Gasteiger partial charge in [0.25, 0.3) is 0 Å². The Morgan fingerprint density at radius 1 is 1.33 bits per heavy atom. The molecular formula is C17H26N4O3. The van der Waals surface area contributed by atoms with Gasteiger partial charge in [-0.15, -0.1) is 0 Å². The van der Waals surface area contributed by atoms with E-state index in [1.54, 1.807) is 6.20 Å². The molecule has 1 aromatic rings. The summed E-state index contributed by atoms with van der Waals surface area (Å²) in [6, 6.07) is 1.79. The number of hydroxylamine groups is 2. The first kappa shape index (κ1) is 17.0. The van der Waals surface area contributed by atoms with Gasteiger partial charge in [-0.3, -0.25) is 19.1 Å².